The van der Waals surface area contributed by atoms with E-state index in [1.165, 1.54) is 0 Å². The number of benzene rings is 2. The molecule has 1 heterocycles. The Morgan fingerprint density at radius 2 is 1.52 bits per heavy atom. The quantitative estimate of drug-likeness (QED) is 0.877. The summed E-state index contributed by atoms with van der Waals surface area (Å²) in [7, 11) is 0. The van der Waals surface area contributed by atoms with Crippen LogP contribution in [0.5, 0.6) is 11.5 Å². The van der Waals surface area contributed by atoms with Gasteiger partial charge >= 0.3 is 0 Å². The monoisotopic (exact) mass is 339 g/mol. The predicted molar refractivity (Wildman–Crippen MR) is 98.6 cm³/mol. The maximum absolute atomic E-state index is 12.2. The highest BCUT2D eigenvalue weighted by molar-refractivity contribution is 6.24. The van der Waals surface area contributed by atoms with Crippen LogP contribution in [0.2, 0.25) is 0 Å². The summed E-state index contributed by atoms with van der Waals surface area (Å²) in [6.45, 7) is 5.24. The zero-order valence-electron chi connectivity index (χ0n) is 14.4. The molecule has 0 aromatic heterocycles. The highest BCUT2D eigenvalue weighted by Crippen LogP contribution is 2.24. The maximum atomic E-state index is 12.2. The van der Waals surface area contributed by atoms with Crippen molar-refractivity contribution in [3.63, 3.8) is 0 Å². The lowest BCUT2D eigenvalue weighted by atomic mass is 10.2. The van der Waals surface area contributed by atoms with Gasteiger partial charge in [0.05, 0.1) is 18.9 Å². The van der Waals surface area contributed by atoms with E-state index < -0.39 is 0 Å². The van der Waals surface area contributed by atoms with Gasteiger partial charge in [0.25, 0.3) is 5.91 Å². The Bertz CT molecular complexity index is 754. The van der Waals surface area contributed by atoms with Crippen molar-refractivity contribution in [1.82, 2.24) is 0 Å². The summed E-state index contributed by atoms with van der Waals surface area (Å²) in [5.74, 6) is 2.02. The fourth-order valence-electron chi connectivity index (χ4n) is 2.55. The van der Waals surface area contributed by atoms with Gasteiger partial charge in [-0.1, -0.05) is 0 Å². The number of carbonyl (C=O) groups excluding carboxylic acids is 1. The molecule has 1 N–H and O–H groups in total. The van der Waals surface area contributed by atoms with Crippen molar-refractivity contribution in [1.29, 1.82) is 0 Å². The highest BCUT2D eigenvalue weighted by atomic mass is 16.5. The van der Waals surface area contributed by atoms with Gasteiger partial charge in [0.2, 0.25) is 5.96 Å². The minimum atomic E-state index is -0.0717. The van der Waals surface area contributed by atoms with Gasteiger partial charge in [-0.2, -0.15) is 0 Å². The van der Waals surface area contributed by atoms with Gasteiger partial charge < -0.3 is 14.8 Å². The van der Waals surface area contributed by atoms with Crippen LogP contribution in [0, 0.1) is 0 Å². The van der Waals surface area contributed by atoms with Crippen molar-refractivity contribution in [2.45, 2.75) is 13.8 Å². The molecule has 0 saturated heterocycles. The van der Waals surface area contributed by atoms with Crippen molar-refractivity contribution < 1.29 is 14.3 Å². The van der Waals surface area contributed by atoms with Gasteiger partial charge in [0.1, 0.15) is 18.0 Å². The number of aliphatic imine (C=N–C) groups is 1. The van der Waals surface area contributed by atoms with Crippen LogP contribution in [0.4, 0.5) is 11.4 Å². The molecule has 6 nitrogen and oxygen atoms in total. The van der Waals surface area contributed by atoms with E-state index in [4.69, 9.17) is 9.47 Å². The Hall–Kier alpha value is -3.02. The van der Waals surface area contributed by atoms with E-state index >= 15 is 0 Å². The van der Waals surface area contributed by atoms with E-state index in [-0.39, 0.29) is 12.5 Å². The molecular weight excluding hydrogens is 318 g/mol. The van der Waals surface area contributed by atoms with Crippen LogP contribution in [-0.4, -0.2) is 31.6 Å². The molecule has 2 aromatic rings. The fourth-order valence-corrected chi connectivity index (χ4v) is 2.55. The number of rotatable bonds is 6. The third-order valence-corrected chi connectivity index (χ3v) is 3.65. The first-order chi connectivity index (χ1) is 12.2. The van der Waals surface area contributed by atoms with Crippen LogP contribution in [0.15, 0.2) is 53.5 Å². The minimum absolute atomic E-state index is 0.0717. The first-order valence-electron chi connectivity index (χ1n) is 8.31. The molecule has 3 rings (SSSR count). The predicted octanol–water partition coefficient (Wildman–Crippen LogP) is 3.30. The number of amides is 1. The standard InChI is InChI=1S/C19H21N3O3/c1-3-24-16-9-5-14(6-10-16)21-19-20-13-18(23)22(19)15-7-11-17(12-8-15)25-4-2/h5-12H,3-4,13H2,1-2H3,(H,20,21). The van der Waals surface area contributed by atoms with Crippen molar-refractivity contribution >= 4 is 23.2 Å². The highest BCUT2D eigenvalue weighted by Gasteiger charge is 2.27. The molecule has 0 radical (unpaired) electrons. The summed E-state index contributed by atoms with van der Waals surface area (Å²) in [5.41, 5.74) is 1.59. The number of hydrogen-bond donors (Lipinski definition) is 1. The minimum Gasteiger partial charge on any atom is -0.494 e. The smallest absolute Gasteiger partial charge is 0.255 e. The lowest BCUT2D eigenvalue weighted by molar-refractivity contribution is -0.115. The topological polar surface area (TPSA) is 63.2 Å². The molecule has 25 heavy (non-hydrogen) atoms. The lowest BCUT2D eigenvalue weighted by Crippen LogP contribution is -2.36. The van der Waals surface area contributed by atoms with Crippen molar-refractivity contribution in [3.8, 4) is 11.5 Å². The summed E-state index contributed by atoms with van der Waals surface area (Å²) in [5, 5.41) is 3.20. The lowest BCUT2D eigenvalue weighted by Gasteiger charge is -2.20. The Labute approximate surface area is 147 Å². The van der Waals surface area contributed by atoms with Gasteiger partial charge in [-0.05, 0) is 62.4 Å². The van der Waals surface area contributed by atoms with Crippen LogP contribution in [0.1, 0.15) is 13.8 Å². The van der Waals surface area contributed by atoms with Gasteiger partial charge in [0, 0.05) is 5.69 Å². The summed E-state index contributed by atoms with van der Waals surface area (Å²) < 4.78 is 10.9. The van der Waals surface area contributed by atoms with E-state index in [0.717, 1.165) is 22.9 Å². The van der Waals surface area contributed by atoms with E-state index in [1.54, 1.807) is 4.90 Å². The molecule has 0 bridgehead atoms. The van der Waals surface area contributed by atoms with Gasteiger partial charge in [0.15, 0.2) is 0 Å². The molecule has 0 fully saturated rings. The molecule has 1 amide bonds. The van der Waals surface area contributed by atoms with Crippen LogP contribution in [0.3, 0.4) is 0 Å². The number of hydrogen-bond acceptors (Lipinski definition) is 5. The van der Waals surface area contributed by atoms with Gasteiger partial charge in [-0.15, -0.1) is 0 Å². The number of nitrogens with one attached hydrogen (secondary N) is 1. The van der Waals surface area contributed by atoms with Gasteiger partial charge in [-0.25, -0.2) is 9.89 Å². The molecule has 0 spiro atoms. The second-order valence-electron chi connectivity index (χ2n) is 5.38. The number of ether oxygens (including phenoxy) is 2. The van der Waals surface area contributed by atoms with E-state index in [0.29, 0.717) is 19.2 Å². The van der Waals surface area contributed by atoms with E-state index in [2.05, 4.69) is 10.3 Å². The molecule has 0 aliphatic carbocycles. The zero-order chi connectivity index (χ0) is 17.6. The largest absolute Gasteiger partial charge is 0.494 e. The molecule has 2 aromatic carbocycles. The average Bonchev–Trinajstić information content (AvgIpc) is 2.98. The second-order valence-corrected chi connectivity index (χ2v) is 5.38. The van der Waals surface area contributed by atoms with Crippen LogP contribution in [0.25, 0.3) is 0 Å². The Balaban J connectivity index is 1.75. The molecular formula is C19H21N3O3. The third kappa shape index (κ3) is 3.91. The fraction of sp³-hybridized carbons (Fsp3) is 0.263. The van der Waals surface area contributed by atoms with Gasteiger partial charge in [-0.3, -0.25) is 4.79 Å². The zero-order valence-corrected chi connectivity index (χ0v) is 14.4. The summed E-state index contributed by atoms with van der Waals surface area (Å²) in [4.78, 5) is 18.1. The SMILES string of the molecule is CCOc1ccc(NC2=NCC(=O)N2c2ccc(OCC)cc2)cc1. The summed E-state index contributed by atoms with van der Waals surface area (Å²) in [6, 6.07) is 14.9. The van der Waals surface area contributed by atoms with Crippen LogP contribution >= 0.6 is 0 Å². The Kier molecular flexibility index (Phi) is 5.18. The number of nitrogens with zero attached hydrogens (tertiary/aromatic N) is 2. The van der Waals surface area contributed by atoms with E-state index in [9.17, 15) is 4.79 Å². The van der Waals surface area contributed by atoms with Crippen LogP contribution in [-0.2, 0) is 4.79 Å². The maximum Gasteiger partial charge on any atom is 0.255 e. The number of guanidine groups is 1. The average molecular weight is 339 g/mol. The molecule has 6 heteroatoms. The molecule has 0 saturated carbocycles. The second kappa shape index (κ2) is 7.70. The third-order valence-electron chi connectivity index (χ3n) is 3.65. The Morgan fingerprint density at radius 1 is 0.960 bits per heavy atom. The van der Waals surface area contributed by atoms with Crippen molar-refractivity contribution in [2.75, 3.05) is 30.0 Å². The number of carbonyl (C=O) groups is 1. The molecule has 0 unspecified atom stereocenters. The first-order valence-corrected chi connectivity index (χ1v) is 8.31. The summed E-state index contributed by atoms with van der Waals surface area (Å²) >= 11 is 0. The molecule has 1 aliphatic heterocycles. The molecule has 130 valence electrons. The summed E-state index contributed by atoms with van der Waals surface area (Å²) in [6.07, 6.45) is 0. The van der Waals surface area contributed by atoms with Crippen molar-refractivity contribution in [3.05, 3.63) is 48.5 Å². The first kappa shape index (κ1) is 16.8. The molecule has 1 aliphatic rings. The van der Waals surface area contributed by atoms with Crippen molar-refractivity contribution in [2.24, 2.45) is 4.99 Å². The van der Waals surface area contributed by atoms with Crippen LogP contribution < -0.4 is 19.7 Å². The number of anilines is 2. The molecule has 0 atom stereocenters. The Morgan fingerprint density at radius 3 is 2.08 bits per heavy atom. The van der Waals surface area contributed by atoms with E-state index in [1.807, 2.05) is 62.4 Å². The normalized spacial score (nSPS) is 13.6.